The maximum atomic E-state index is 11.8. The highest BCUT2D eigenvalue weighted by molar-refractivity contribution is 4.92. The first-order valence-electron chi connectivity index (χ1n) is 8.58. The van der Waals surface area contributed by atoms with E-state index in [2.05, 4.69) is 31.2 Å². The van der Waals surface area contributed by atoms with Crippen LogP contribution in [0, 0.1) is 0 Å². The van der Waals surface area contributed by atoms with E-state index in [1.807, 2.05) is 0 Å². The Morgan fingerprint density at radius 2 is 1.19 bits per heavy atom. The molecule has 0 atom stereocenters. The summed E-state index contributed by atoms with van der Waals surface area (Å²) in [7, 11) is 0. The Kier molecular flexibility index (Phi) is 16.4. The van der Waals surface area contributed by atoms with Gasteiger partial charge in [0, 0.05) is 0 Å². The van der Waals surface area contributed by atoms with Gasteiger partial charge in [0.2, 0.25) is 0 Å². The molecule has 2 heteroatoms. The highest BCUT2D eigenvalue weighted by Crippen LogP contribution is 2.10. The lowest BCUT2D eigenvalue weighted by Gasteiger charge is -1.97. The molecule has 21 heavy (non-hydrogen) atoms. The first-order chi connectivity index (χ1) is 10.3. The number of allylic oxidation sites excluding steroid dienone is 5. The molecule has 0 unspecified atom stereocenters. The number of unbranched alkanes of at least 4 members (excludes halogenated alkanes) is 9. The van der Waals surface area contributed by atoms with Gasteiger partial charge >= 0.3 is 0 Å². The van der Waals surface area contributed by atoms with Crippen molar-refractivity contribution in [2.75, 3.05) is 0 Å². The lowest BCUT2D eigenvalue weighted by atomic mass is 10.1. The highest BCUT2D eigenvalue weighted by Gasteiger charge is 1.91. The molecule has 0 aliphatic rings. The second kappa shape index (κ2) is 17.1. The summed E-state index contributed by atoms with van der Waals surface area (Å²) in [5.74, 6) is 0. The number of rotatable bonds is 14. The van der Waals surface area contributed by atoms with Gasteiger partial charge in [-0.1, -0.05) is 63.3 Å². The van der Waals surface area contributed by atoms with Gasteiger partial charge in [0.15, 0.2) is 0 Å². The van der Waals surface area contributed by atoms with Crippen molar-refractivity contribution in [3.8, 4) is 0 Å². The Bertz CT molecular complexity index is 286. The molecule has 0 aromatic heterocycles. The fourth-order valence-electron chi connectivity index (χ4n) is 2.17. The third kappa shape index (κ3) is 19.1. The molecule has 0 amide bonds. The molecule has 0 radical (unpaired) electrons. The number of halogens is 2. The van der Waals surface area contributed by atoms with Crippen LogP contribution in [0.25, 0.3) is 0 Å². The molecule has 0 aromatic rings. The van der Waals surface area contributed by atoms with Crippen LogP contribution in [0.15, 0.2) is 36.5 Å². The van der Waals surface area contributed by atoms with Crippen molar-refractivity contribution in [3.63, 3.8) is 0 Å². The Morgan fingerprint density at radius 3 is 1.76 bits per heavy atom. The van der Waals surface area contributed by atoms with Gasteiger partial charge < -0.3 is 0 Å². The van der Waals surface area contributed by atoms with Crippen molar-refractivity contribution in [2.24, 2.45) is 0 Å². The minimum absolute atomic E-state index is 0.521. The van der Waals surface area contributed by atoms with E-state index in [0.717, 1.165) is 38.2 Å². The van der Waals surface area contributed by atoms with Crippen LogP contribution in [0.5, 0.6) is 0 Å². The Labute approximate surface area is 130 Å². The Morgan fingerprint density at radius 1 is 0.667 bits per heavy atom. The molecule has 0 nitrogen and oxygen atoms in total. The quantitative estimate of drug-likeness (QED) is 0.229. The van der Waals surface area contributed by atoms with Crippen LogP contribution < -0.4 is 0 Å². The molecule has 0 rings (SSSR count). The minimum Gasteiger partial charge on any atom is -0.174 e. The topological polar surface area (TPSA) is 0 Å². The van der Waals surface area contributed by atoms with Gasteiger partial charge in [-0.25, -0.2) is 0 Å². The molecule has 0 saturated carbocycles. The summed E-state index contributed by atoms with van der Waals surface area (Å²) >= 11 is 0. The number of hydrogen-bond donors (Lipinski definition) is 0. The lowest BCUT2D eigenvalue weighted by Crippen LogP contribution is -1.78. The van der Waals surface area contributed by atoms with E-state index < -0.39 is 6.08 Å². The molecule has 122 valence electrons. The smallest absolute Gasteiger partial charge is 0.174 e. The summed E-state index contributed by atoms with van der Waals surface area (Å²) in [4.78, 5) is 0. The van der Waals surface area contributed by atoms with E-state index in [4.69, 9.17) is 0 Å². The molecular weight excluding hydrogens is 266 g/mol. The summed E-state index contributed by atoms with van der Waals surface area (Å²) in [6, 6.07) is 0. The fourth-order valence-corrected chi connectivity index (χ4v) is 2.17. The predicted octanol–water partition coefficient (Wildman–Crippen LogP) is 7.58. The summed E-state index contributed by atoms with van der Waals surface area (Å²) in [6.07, 6.45) is 21.9. The summed E-state index contributed by atoms with van der Waals surface area (Å²) in [5, 5.41) is 0. The van der Waals surface area contributed by atoms with Crippen LogP contribution in [0.2, 0.25) is 0 Å². The Hall–Kier alpha value is -0.920. The van der Waals surface area contributed by atoms with E-state index >= 15 is 0 Å². The molecular formula is C19H32F2. The summed E-state index contributed by atoms with van der Waals surface area (Å²) in [5.41, 5.74) is 0. The van der Waals surface area contributed by atoms with Crippen molar-refractivity contribution in [3.05, 3.63) is 36.5 Å². The normalized spacial score (nSPS) is 11.6. The molecule has 0 N–H and O–H groups in total. The highest BCUT2D eigenvalue weighted by atomic mass is 19.3. The first kappa shape index (κ1) is 20.1. The van der Waals surface area contributed by atoms with E-state index in [1.54, 1.807) is 0 Å². The van der Waals surface area contributed by atoms with Crippen LogP contribution in [-0.4, -0.2) is 0 Å². The van der Waals surface area contributed by atoms with Gasteiger partial charge in [-0.15, -0.1) is 0 Å². The summed E-state index contributed by atoms with van der Waals surface area (Å²) in [6.45, 7) is 2.23. The fraction of sp³-hybridized carbons (Fsp3) is 0.684. The maximum Gasteiger partial charge on any atom is 0.266 e. The molecule has 0 fully saturated rings. The molecule has 0 bridgehead atoms. The second-order valence-corrected chi connectivity index (χ2v) is 5.51. The van der Waals surface area contributed by atoms with E-state index in [0.29, 0.717) is 6.42 Å². The predicted molar refractivity (Wildman–Crippen MR) is 89.7 cm³/mol. The molecule has 0 aliphatic heterocycles. The maximum absolute atomic E-state index is 11.8. The van der Waals surface area contributed by atoms with Crippen LogP contribution in [0.3, 0.4) is 0 Å². The zero-order valence-electron chi connectivity index (χ0n) is 13.6. The average Bonchev–Trinajstić information content (AvgIpc) is 2.46. The van der Waals surface area contributed by atoms with Gasteiger partial charge in [0.05, 0.1) is 0 Å². The van der Waals surface area contributed by atoms with Crippen LogP contribution in [0.4, 0.5) is 8.78 Å². The third-order valence-electron chi connectivity index (χ3n) is 3.45. The van der Waals surface area contributed by atoms with Crippen LogP contribution in [0.1, 0.15) is 84.0 Å². The molecule has 0 saturated heterocycles. The molecule has 0 heterocycles. The second-order valence-electron chi connectivity index (χ2n) is 5.51. The van der Waals surface area contributed by atoms with E-state index in [1.165, 1.54) is 38.5 Å². The molecule has 0 aromatic carbocycles. The van der Waals surface area contributed by atoms with Crippen LogP contribution in [-0.2, 0) is 0 Å². The standard InChI is InChI=1S/C19H32F2/c1-2-3-4-5-6-7-8-9-10-11-12-13-14-15-16-17-18-19(20)21/h6-7,9-10,18H,2-5,8,11-17H2,1H3/b7-6+,10-9+. The summed E-state index contributed by atoms with van der Waals surface area (Å²) < 4.78 is 23.5. The minimum atomic E-state index is -1.54. The third-order valence-corrected chi connectivity index (χ3v) is 3.45. The zero-order chi connectivity index (χ0) is 15.6. The molecule has 0 aliphatic carbocycles. The zero-order valence-corrected chi connectivity index (χ0v) is 13.6. The van der Waals surface area contributed by atoms with Crippen molar-refractivity contribution in [1.82, 2.24) is 0 Å². The van der Waals surface area contributed by atoms with Gasteiger partial charge in [0.1, 0.15) is 0 Å². The average molecular weight is 298 g/mol. The van der Waals surface area contributed by atoms with Crippen molar-refractivity contribution in [1.29, 1.82) is 0 Å². The number of hydrogen-bond acceptors (Lipinski definition) is 0. The van der Waals surface area contributed by atoms with Gasteiger partial charge in [-0.05, 0) is 51.0 Å². The monoisotopic (exact) mass is 298 g/mol. The van der Waals surface area contributed by atoms with Crippen LogP contribution >= 0.6 is 0 Å². The van der Waals surface area contributed by atoms with Crippen molar-refractivity contribution in [2.45, 2.75) is 84.0 Å². The van der Waals surface area contributed by atoms with Gasteiger partial charge in [0.25, 0.3) is 6.08 Å². The van der Waals surface area contributed by atoms with E-state index in [9.17, 15) is 8.78 Å². The SMILES string of the molecule is CCCCC/C=C/C/C=C/CCCCCCCC=C(F)F. The van der Waals surface area contributed by atoms with Crippen molar-refractivity contribution >= 4 is 0 Å². The van der Waals surface area contributed by atoms with Crippen molar-refractivity contribution < 1.29 is 8.78 Å². The largest absolute Gasteiger partial charge is 0.266 e. The van der Waals surface area contributed by atoms with Gasteiger partial charge in [-0.3, -0.25) is 0 Å². The van der Waals surface area contributed by atoms with Gasteiger partial charge in [-0.2, -0.15) is 8.78 Å². The van der Waals surface area contributed by atoms with E-state index in [-0.39, 0.29) is 0 Å². The molecule has 0 spiro atoms. The lowest BCUT2D eigenvalue weighted by molar-refractivity contribution is 0.416. The Balaban J connectivity index is 3.20. The first-order valence-corrected chi connectivity index (χ1v) is 8.58.